The van der Waals surface area contributed by atoms with Gasteiger partial charge in [0.1, 0.15) is 5.82 Å². The zero-order valence-electron chi connectivity index (χ0n) is 12.7. The van der Waals surface area contributed by atoms with E-state index in [2.05, 4.69) is 15.0 Å². The Morgan fingerprint density at radius 1 is 1.50 bits per heavy atom. The third-order valence-corrected chi connectivity index (χ3v) is 4.25. The normalized spacial score (nSPS) is 18.2. The lowest BCUT2D eigenvalue weighted by atomic mass is 10.1. The largest absolute Gasteiger partial charge is 0.363 e. The first-order chi connectivity index (χ1) is 10.6. The van der Waals surface area contributed by atoms with Crippen molar-refractivity contribution in [1.82, 2.24) is 19.9 Å². The van der Waals surface area contributed by atoms with E-state index in [9.17, 15) is 4.79 Å². The van der Waals surface area contributed by atoms with E-state index in [1.54, 1.807) is 0 Å². The Morgan fingerprint density at radius 2 is 2.32 bits per heavy atom. The number of rotatable bonds is 3. The average molecular weight is 319 g/mol. The minimum Gasteiger partial charge on any atom is -0.363 e. The lowest BCUT2D eigenvalue weighted by Crippen LogP contribution is -2.32. The first-order valence-electron chi connectivity index (χ1n) is 7.54. The predicted octanol–water partition coefficient (Wildman–Crippen LogP) is 3.56. The highest BCUT2D eigenvalue weighted by Crippen LogP contribution is 2.33. The van der Waals surface area contributed by atoms with Crippen molar-refractivity contribution in [2.24, 2.45) is 0 Å². The van der Waals surface area contributed by atoms with E-state index in [4.69, 9.17) is 11.6 Å². The molecule has 0 aliphatic carbocycles. The lowest BCUT2D eigenvalue weighted by Gasteiger charge is -2.24. The van der Waals surface area contributed by atoms with Crippen molar-refractivity contribution in [3.63, 3.8) is 0 Å². The van der Waals surface area contributed by atoms with E-state index in [-0.39, 0.29) is 17.9 Å². The van der Waals surface area contributed by atoms with Gasteiger partial charge in [-0.15, -0.1) is 0 Å². The summed E-state index contributed by atoms with van der Waals surface area (Å²) in [6.07, 6.45) is 5.34. The molecular weight excluding hydrogens is 300 g/mol. The molecule has 1 aliphatic rings. The SMILES string of the molecule is CC(C)c1ncc(Cl)c(C(=O)N2CCCC2c2ccc[nH]2)n1. The maximum atomic E-state index is 12.9. The third-order valence-electron chi connectivity index (χ3n) is 3.98. The van der Waals surface area contributed by atoms with Crippen LogP contribution in [-0.2, 0) is 0 Å². The van der Waals surface area contributed by atoms with Crippen LogP contribution >= 0.6 is 11.6 Å². The number of nitrogens with one attached hydrogen (secondary N) is 1. The van der Waals surface area contributed by atoms with Crippen LogP contribution in [-0.4, -0.2) is 32.3 Å². The Balaban J connectivity index is 1.91. The maximum Gasteiger partial charge on any atom is 0.274 e. The number of halogens is 1. The maximum absolute atomic E-state index is 12.9. The van der Waals surface area contributed by atoms with E-state index in [0.717, 1.165) is 25.1 Å². The molecule has 0 spiro atoms. The van der Waals surface area contributed by atoms with Crippen molar-refractivity contribution in [3.05, 3.63) is 46.8 Å². The molecule has 1 atom stereocenters. The fourth-order valence-electron chi connectivity index (χ4n) is 2.83. The lowest BCUT2D eigenvalue weighted by molar-refractivity contribution is 0.0727. The number of aromatic nitrogens is 3. The predicted molar refractivity (Wildman–Crippen MR) is 84.9 cm³/mol. The van der Waals surface area contributed by atoms with Crippen molar-refractivity contribution in [2.45, 2.75) is 38.6 Å². The second-order valence-corrected chi connectivity index (χ2v) is 6.27. The summed E-state index contributed by atoms with van der Waals surface area (Å²) in [6.45, 7) is 4.71. The van der Waals surface area contributed by atoms with Crippen LogP contribution in [0.25, 0.3) is 0 Å². The molecule has 3 rings (SSSR count). The van der Waals surface area contributed by atoms with E-state index >= 15 is 0 Å². The van der Waals surface area contributed by atoms with Gasteiger partial charge in [0.15, 0.2) is 5.69 Å². The standard InChI is InChI=1S/C16H19ClN4O/c1-10(2)15-19-9-11(17)14(20-15)16(22)21-8-4-6-13(21)12-5-3-7-18-12/h3,5,7,9-10,13,18H,4,6,8H2,1-2H3. The molecule has 0 aromatic carbocycles. The Hall–Kier alpha value is -1.88. The molecule has 0 saturated carbocycles. The molecule has 1 unspecified atom stereocenters. The minimum absolute atomic E-state index is 0.0658. The van der Waals surface area contributed by atoms with Crippen LogP contribution < -0.4 is 0 Å². The van der Waals surface area contributed by atoms with Crippen molar-refractivity contribution in [2.75, 3.05) is 6.54 Å². The van der Waals surface area contributed by atoms with Gasteiger partial charge in [0, 0.05) is 24.4 Å². The first kappa shape index (κ1) is 15.0. The number of H-pyrrole nitrogens is 1. The van der Waals surface area contributed by atoms with Crippen LogP contribution in [0.2, 0.25) is 5.02 Å². The minimum atomic E-state index is -0.119. The van der Waals surface area contributed by atoms with Crippen LogP contribution in [0.4, 0.5) is 0 Å². The van der Waals surface area contributed by atoms with Gasteiger partial charge in [-0.2, -0.15) is 0 Å². The quantitative estimate of drug-likeness (QED) is 0.941. The number of hydrogen-bond donors (Lipinski definition) is 1. The number of carbonyl (C=O) groups excluding carboxylic acids is 1. The molecule has 116 valence electrons. The molecule has 5 nitrogen and oxygen atoms in total. The molecule has 6 heteroatoms. The number of nitrogens with zero attached hydrogens (tertiary/aromatic N) is 3. The van der Waals surface area contributed by atoms with Gasteiger partial charge in [-0.25, -0.2) is 9.97 Å². The van der Waals surface area contributed by atoms with Crippen molar-refractivity contribution >= 4 is 17.5 Å². The van der Waals surface area contributed by atoms with Crippen LogP contribution in [0.3, 0.4) is 0 Å². The summed E-state index contributed by atoms with van der Waals surface area (Å²) in [5, 5.41) is 0.312. The van der Waals surface area contributed by atoms with Gasteiger partial charge in [-0.3, -0.25) is 4.79 Å². The van der Waals surface area contributed by atoms with Crippen LogP contribution in [0.5, 0.6) is 0 Å². The van der Waals surface area contributed by atoms with E-state index in [1.807, 2.05) is 37.1 Å². The highest BCUT2D eigenvalue weighted by atomic mass is 35.5. The van der Waals surface area contributed by atoms with Crippen LogP contribution in [0.1, 0.15) is 60.7 Å². The monoisotopic (exact) mass is 318 g/mol. The van der Waals surface area contributed by atoms with Crippen LogP contribution in [0.15, 0.2) is 24.5 Å². The second kappa shape index (κ2) is 6.08. The number of carbonyl (C=O) groups is 1. The van der Waals surface area contributed by atoms with Crippen LogP contribution in [0, 0.1) is 0 Å². The van der Waals surface area contributed by atoms with Gasteiger partial charge < -0.3 is 9.88 Å². The molecule has 1 saturated heterocycles. The van der Waals surface area contributed by atoms with Gasteiger partial charge in [0.2, 0.25) is 0 Å². The summed E-state index contributed by atoms with van der Waals surface area (Å²) < 4.78 is 0. The first-order valence-corrected chi connectivity index (χ1v) is 7.92. The fourth-order valence-corrected chi connectivity index (χ4v) is 3.00. The van der Waals surface area contributed by atoms with Crippen molar-refractivity contribution in [3.8, 4) is 0 Å². The van der Waals surface area contributed by atoms with Gasteiger partial charge in [0.05, 0.1) is 17.3 Å². The number of hydrogen-bond acceptors (Lipinski definition) is 3. The summed E-state index contributed by atoms with van der Waals surface area (Å²) >= 11 is 6.17. The Bertz CT molecular complexity index is 669. The smallest absolute Gasteiger partial charge is 0.274 e. The molecule has 0 bridgehead atoms. The Morgan fingerprint density at radius 3 is 3.00 bits per heavy atom. The third kappa shape index (κ3) is 2.73. The summed E-state index contributed by atoms with van der Waals surface area (Å²) in [4.78, 5) is 26.5. The highest BCUT2D eigenvalue weighted by molar-refractivity contribution is 6.33. The Kier molecular flexibility index (Phi) is 4.16. The number of likely N-dealkylation sites (tertiary alicyclic amines) is 1. The van der Waals surface area contributed by atoms with Gasteiger partial charge >= 0.3 is 0 Å². The second-order valence-electron chi connectivity index (χ2n) is 5.86. The molecule has 2 aromatic rings. The van der Waals surface area contributed by atoms with Crippen molar-refractivity contribution in [1.29, 1.82) is 0 Å². The fraction of sp³-hybridized carbons (Fsp3) is 0.438. The Labute approximate surface area is 134 Å². The van der Waals surface area contributed by atoms with Gasteiger partial charge in [-0.05, 0) is 25.0 Å². The molecule has 3 heterocycles. The van der Waals surface area contributed by atoms with Crippen molar-refractivity contribution < 1.29 is 4.79 Å². The molecule has 0 radical (unpaired) electrons. The number of aromatic amines is 1. The summed E-state index contributed by atoms with van der Waals surface area (Å²) in [5.74, 6) is 0.677. The molecule has 1 N–H and O–H groups in total. The van der Waals surface area contributed by atoms with Gasteiger partial charge in [0.25, 0.3) is 5.91 Å². The molecule has 1 fully saturated rings. The van der Waals surface area contributed by atoms with E-state index in [0.29, 0.717) is 16.5 Å². The summed E-state index contributed by atoms with van der Waals surface area (Å²) in [5.41, 5.74) is 1.36. The summed E-state index contributed by atoms with van der Waals surface area (Å²) in [6, 6.07) is 4.03. The van der Waals surface area contributed by atoms with E-state index in [1.165, 1.54) is 6.20 Å². The zero-order chi connectivity index (χ0) is 15.7. The molecule has 2 aromatic heterocycles. The number of amides is 1. The van der Waals surface area contributed by atoms with E-state index < -0.39 is 0 Å². The molecule has 1 amide bonds. The molecular formula is C16H19ClN4O. The summed E-state index contributed by atoms with van der Waals surface area (Å²) in [7, 11) is 0. The topological polar surface area (TPSA) is 61.9 Å². The molecule has 22 heavy (non-hydrogen) atoms. The average Bonchev–Trinajstić information content (AvgIpc) is 3.17. The highest BCUT2D eigenvalue weighted by Gasteiger charge is 2.33. The molecule has 1 aliphatic heterocycles. The van der Waals surface area contributed by atoms with Gasteiger partial charge in [-0.1, -0.05) is 25.4 Å². The zero-order valence-corrected chi connectivity index (χ0v) is 13.5.